The second-order valence-electron chi connectivity index (χ2n) is 6.05. The van der Waals surface area contributed by atoms with Gasteiger partial charge < -0.3 is 24.4 Å². The van der Waals surface area contributed by atoms with Gasteiger partial charge in [0.2, 0.25) is 0 Å². The molecule has 7 nitrogen and oxygen atoms in total. The summed E-state index contributed by atoms with van der Waals surface area (Å²) in [5.74, 6) is 3.37. The molecule has 7 heteroatoms. The first-order chi connectivity index (χ1) is 12.4. The predicted molar refractivity (Wildman–Crippen MR) is 94.4 cm³/mol. The minimum atomic E-state index is 0.663. The number of fused-ring (bicyclic) bond motifs is 1. The molecule has 1 N–H and O–H groups in total. The van der Waals surface area contributed by atoms with Crippen LogP contribution in [0.4, 0.5) is 11.6 Å². The summed E-state index contributed by atoms with van der Waals surface area (Å²) in [4.78, 5) is 10.9. The van der Waals surface area contributed by atoms with Crippen molar-refractivity contribution in [3.8, 4) is 11.5 Å². The van der Waals surface area contributed by atoms with E-state index in [2.05, 4.69) is 20.2 Å². The maximum Gasteiger partial charge on any atom is 0.161 e. The highest BCUT2D eigenvalue weighted by Gasteiger charge is 2.13. The molecular formula is C18H22N4O3. The molecule has 0 atom stereocenters. The molecule has 3 heterocycles. The van der Waals surface area contributed by atoms with E-state index in [1.807, 2.05) is 24.3 Å². The summed E-state index contributed by atoms with van der Waals surface area (Å²) in [6.45, 7) is 5.26. The highest BCUT2D eigenvalue weighted by atomic mass is 16.5. The maximum atomic E-state index is 5.74. The van der Waals surface area contributed by atoms with Crippen LogP contribution in [0.2, 0.25) is 0 Å². The molecule has 0 unspecified atom stereocenters. The first-order valence-electron chi connectivity index (χ1n) is 8.66. The van der Waals surface area contributed by atoms with Crippen LogP contribution in [0.15, 0.2) is 30.6 Å². The Balaban J connectivity index is 1.42. The van der Waals surface area contributed by atoms with E-state index in [1.54, 1.807) is 6.33 Å². The van der Waals surface area contributed by atoms with Gasteiger partial charge in [0.05, 0.1) is 26.4 Å². The molecule has 0 spiro atoms. The van der Waals surface area contributed by atoms with Crippen LogP contribution in [0.25, 0.3) is 0 Å². The molecule has 1 aromatic heterocycles. The number of morpholine rings is 1. The van der Waals surface area contributed by atoms with Gasteiger partial charge in [-0.25, -0.2) is 9.97 Å². The van der Waals surface area contributed by atoms with Gasteiger partial charge in [-0.15, -0.1) is 0 Å². The quantitative estimate of drug-likeness (QED) is 0.912. The molecule has 2 aliphatic rings. The Kier molecular flexibility index (Phi) is 4.83. The van der Waals surface area contributed by atoms with Crippen LogP contribution in [0.3, 0.4) is 0 Å². The highest BCUT2D eigenvalue weighted by Crippen LogP contribution is 2.30. The zero-order valence-electron chi connectivity index (χ0n) is 14.1. The second-order valence-corrected chi connectivity index (χ2v) is 6.05. The fourth-order valence-electron chi connectivity index (χ4n) is 2.92. The highest BCUT2D eigenvalue weighted by molar-refractivity contribution is 5.50. The van der Waals surface area contributed by atoms with Crippen molar-refractivity contribution in [2.24, 2.45) is 0 Å². The molecular weight excluding hydrogens is 320 g/mol. The number of rotatable bonds is 4. The van der Waals surface area contributed by atoms with Gasteiger partial charge >= 0.3 is 0 Å². The summed E-state index contributed by atoms with van der Waals surface area (Å²) >= 11 is 0. The Morgan fingerprint density at radius 3 is 2.68 bits per heavy atom. The third-order valence-electron chi connectivity index (χ3n) is 4.27. The first kappa shape index (κ1) is 16.0. The van der Waals surface area contributed by atoms with Crippen molar-refractivity contribution in [2.75, 3.05) is 49.7 Å². The number of benzene rings is 1. The van der Waals surface area contributed by atoms with Crippen molar-refractivity contribution < 1.29 is 14.2 Å². The normalized spacial score (nSPS) is 17.0. The number of ether oxygens (including phenoxy) is 3. The number of anilines is 2. The number of nitrogens with one attached hydrogen (secondary N) is 1. The van der Waals surface area contributed by atoms with Gasteiger partial charge in [-0.2, -0.15) is 0 Å². The van der Waals surface area contributed by atoms with E-state index in [9.17, 15) is 0 Å². The van der Waals surface area contributed by atoms with Crippen molar-refractivity contribution in [2.45, 2.75) is 13.0 Å². The second kappa shape index (κ2) is 7.57. The Hall–Kier alpha value is -2.54. The van der Waals surface area contributed by atoms with E-state index < -0.39 is 0 Å². The summed E-state index contributed by atoms with van der Waals surface area (Å²) in [5, 5.41) is 3.36. The summed E-state index contributed by atoms with van der Waals surface area (Å²) in [7, 11) is 0. The number of aromatic nitrogens is 2. The van der Waals surface area contributed by atoms with E-state index in [0.29, 0.717) is 19.8 Å². The van der Waals surface area contributed by atoms with Crippen LogP contribution in [0.5, 0.6) is 11.5 Å². The summed E-state index contributed by atoms with van der Waals surface area (Å²) in [6, 6.07) is 8.02. The Morgan fingerprint density at radius 2 is 1.80 bits per heavy atom. The van der Waals surface area contributed by atoms with Crippen molar-refractivity contribution in [1.82, 2.24) is 9.97 Å². The minimum absolute atomic E-state index is 0.663. The zero-order valence-corrected chi connectivity index (χ0v) is 14.1. The minimum Gasteiger partial charge on any atom is -0.490 e. The summed E-state index contributed by atoms with van der Waals surface area (Å²) < 4.78 is 16.8. The Bertz CT molecular complexity index is 719. The molecule has 1 fully saturated rings. The average molecular weight is 342 g/mol. The number of hydrogen-bond acceptors (Lipinski definition) is 7. The molecule has 25 heavy (non-hydrogen) atoms. The molecule has 2 aliphatic heterocycles. The zero-order chi connectivity index (χ0) is 16.9. The largest absolute Gasteiger partial charge is 0.490 e. The molecule has 0 radical (unpaired) electrons. The molecule has 0 saturated carbocycles. The lowest BCUT2D eigenvalue weighted by molar-refractivity contribution is 0.122. The first-order valence-corrected chi connectivity index (χ1v) is 8.66. The van der Waals surface area contributed by atoms with Gasteiger partial charge in [0, 0.05) is 32.1 Å². The number of nitrogens with zero attached hydrogens (tertiary/aromatic N) is 3. The molecule has 0 amide bonds. The lowest BCUT2D eigenvalue weighted by Gasteiger charge is -2.27. The van der Waals surface area contributed by atoms with Gasteiger partial charge in [-0.1, -0.05) is 6.07 Å². The van der Waals surface area contributed by atoms with Crippen LogP contribution < -0.4 is 19.7 Å². The smallest absolute Gasteiger partial charge is 0.161 e. The fourth-order valence-corrected chi connectivity index (χ4v) is 2.92. The molecule has 0 bridgehead atoms. The van der Waals surface area contributed by atoms with Crippen molar-refractivity contribution >= 4 is 11.6 Å². The molecule has 2 aromatic rings. The monoisotopic (exact) mass is 342 g/mol. The van der Waals surface area contributed by atoms with Gasteiger partial charge in [0.15, 0.2) is 11.5 Å². The van der Waals surface area contributed by atoms with Gasteiger partial charge in [-0.3, -0.25) is 0 Å². The SMILES string of the molecule is c1nc(NCc2ccc3c(c2)OCCCO3)cc(N2CCOCC2)n1. The number of hydrogen-bond donors (Lipinski definition) is 1. The van der Waals surface area contributed by atoms with E-state index in [-0.39, 0.29) is 0 Å². The molecule has 1 saturated heterocycles. The molecule has 4 rings (SSSR count). The van der Waals surface area contributed by atoms with Crippen molar-refractivity contribution in [3.05, 3.63) is 36.2 Å². The Labute approximate surface area is 146 Å². The standard InChI is InChI=1S/C18H22N4O3/c1-6-24-15-3-2-14(10-16(15)25-7-1)12-19-17-11-18(21-13-20-17)22-4-8-23-9-5-22/h2-3,10-11,13H,1,4-9,12H2,(H,19,20,21). The van der Waals surface area contributed by atoms with Gasteiger partial charge in [0.25, 0.3) is 0 Å². The third kappa shape index (κ3) is 3.93. The average Bonchev–Trinajstić information content (AvgIpc) is 2.92. The van der Waals surface area contributed by atoms with Crippen LogP contribution in [-0.2, 0) is 11.3 Å². The van der Waals surface area contributed by atoms with Crippen LogP contribution in [0.1, 0.15) is 12.0 Å². The lowest BCUT2D eigenvalue weighted by Crippen LogP contribution is -2.36. The van der Waals surface area contributed by atoms with Gasteiger partial charge in [-0.05, 0) is 17.7 Å². The van der Waals surface area contributed by atoms with E-state index in [1.165, 1.54) is 0 Å². The van der Waals surface area contributed by atoms with Crippen molar-refractivity contribution in [3.63, 3.8) is 0 Å². The molecule has 132 valence electrons. The van der Waals surface area contributed by atoms with Crippen LogP contribution >= 0.6 is 0 Å². The molecule has 0 aliphatic carbocycles. The Morgan fingerprint density at radius 1 is 0.960 bits per heavy atom. The topological polar surface area (TPSA) is 68.7 Å². The van der Waals surface area contributed by atoms with E-state index in [0.717, 1.165) is 61.4 Å². The van der Waals surface area contributed by atoms with Crippen molar-refractivity contribution in [1.29, 1.82) is 0 Å². The fraction of sp³-hybridized carbons (Fsp3) is 0.444. The summed E-state index contributed by atoms with van der Waals surface area (Å²) in [6.07, 6.45) is 2.51. The molecule has 1 aromatic carbocycles. The lowest BCUT2D eigenvalue weighted by atomic mass is 10.2. The van der Waals surface area contributed by atoms with E-state index >= 15 is 0 Å². The van der Waals surface area contributed by atoms with E-state index in [4.69, 9.17) is 14.2 Å². The van der Waals surface area contributed by atoms with Crippen LogP contribution in [0, 0.1) is 0 Å². The summed E-state index contributed by atoms with van der Waals surface area (Å²) in [5.41, 5.74) is 1.12. The third-order valence-corrected chi connectivity index (χ3v) is 4.27. The van der Waals surface area contributed by atoms with Crippen LogP contribution in [-0.4, -0.2) is 49.5 Å². The predicted octanol–water partition coefficient (Wildman–Crippen LogP) is 2.09. The maximum absolute atomic E-state index is 5.74. The van der Waals surface area contributed by atoms with Gasteiger partial charge in [0.1, 0.15) is 18.0 Å².